The van der Waals surface area contributed by atoms with Crippen LogP contribution in [0.15, 0.2) is 27.2 Å². The maximum atomic E-state index is 6.15. The summed E-state index contributed by atoms with van der Waals surface area (Å²) in [4.78, 5) is 4.44. The third-order valence-electron chi connectivity index (χ3n) is 3.21. The van der Waals surface area contributed by atoms with Crippen molar-refractivity contribution in [3.05, 3.63) is 34.1 Å². The molecule has 2 N–H and O–H groups in total. The lowest BCUT2D eigenvalue weighted by Crippen LogP contribution is -2.28. The van der Waals surface area contributed by atoms with Gasteiger partial charge in [0.2, 0.25) is 11.7 Å². The predicted molar refractivity (Wildman–Crippen MR) is 87.9 cm³/mol. The van der Waals surface area contributed by atoms with Crippen molar-refractivity contribution >= 4 is 15.9 Å². The molecule has 1 unspecified atom stereocenters. The zero-order valence-electron chi connectivity index (χ0n) is 13.0. The van der Waals surface area contributed by atoms with Crippen LogP contribution >= 0.6 is 15.9 Å². The van der Waals surface area contributed by atoms with E-state index in [-0.39, 0.29) is 11.5 Å². The molecule has 21 heavy (non-hydrogen) atoms. The number of benzene rings is 1. The number of hydrogen-bond donors (Lipinski definition) is 1. The van der Waals surface area contributed by atoms with E-state index < -0.39 is 0 Å². The van der Waals surface area contributed by atoms with E-state index in [9.17, 15) is 0 Å². The molecule has 0 spiro atoms. The summed E-state index contributed by atoms with van der Waals surface area (Å²) in [5.41, 5.74) is 8.46. The van der Waals surface area contributed by atoms with Crippen molar-refractivity contribution in [2.45, 2.75) is 46.6 Å². The highest BCUT2D eigenvalue weighted by Gasteiger charge is 2.19. The molecule has 0 saturated carbocycles. The lowest BCUT2D eigenvalue weighted by molar-refractivity contribution is 0.313. The van der Waals surface area contributed by atoms with Crippen molar-refractivity contribution in [1.82, 2.24) is 10.1 Å². The van der Waals surface area contributed by atoms with E-state index >= 15 is 0 Å². The van der Waals surface area contributed by atoms with Gasteiger partial charge in [0.15, 0.2) is 0 Å². The van der Waals surface area contributed by atoms with Crippen molar-refractivity contribution in [2.75, 3.05) is 0 Å². The molecule has 1 aromatic heterocycles. The highest BCUT2D eigenvalue weighted by molar-refractivity contribution is 9.10. The van der Waals surface area contributed by atoms with Crippen LogP contribution in [0.4, 0.5) is 0 Å². The van der Waals surface area contributed by atoms with Gasteiger partial charge in [0.1, 0.15) is 0 Å². The molecule has 0 radical (unpaired) electrons. The first-order valence-corrected chi connectivity index (χ1v) is 7.88. The third-order valence-corrected chi connectivity index (χ3v) is 4.06. The number of hydrogen-bond acceptors (Lipinski definition) is 4. The molecule has 0 bridgehead atoms. The Bertz CT molecular complexity index is 616. The summed E-state index contributed by atoms with van der Waals surface area (Å²) < 4.78 is 6.36. The van der Waals surface area contributed by atoms with Gasteiger partial charge in [-0.15, -0.1) is 0 Å². The normalized spacial score (nSPS) is 13.4. The van der Waals surface area contributed by atoms with Gasteiger partial charge in [-0.1, -0.05) is 54.0 Å². The van der Waals surface area contributed by atoms with E-state index in [2.05, 4.69) is 46.8 Å². The van der Waals surface area contributed by atoms with Gasteiger partial charge >= 0.3 is 0 Å². The summed E-state index contributed by atoms with van der Waals surface area (Å²) in [7, 11) is 0. The average molecular weight is 352 g/mol. The SMILES string of the molecule is Cc1ccc(-c2noc(CC(N)CC(C)(C)C)n2)cc1Br. The standard InChI is InChI=1S/C16H22BrN3O/c1-10-5-6-11(7-13(10)17)15-19-14(21-20-15)8-12(18)9-16(2,3)4/h5-7,12H,8-9,18H2,1-4H3. The minimum atomic E-state index is 0.0306. The molecular weight excluding hydrogens is 330 g/mol. The van der Waals surface area contributed by atoms with Gasteiger partial charge in [0.25, 0.3) is 0 Å². The Morgan fingerprint density at radius 3 is 2.67 bits per heavy atom. The molecule has 0 fully saturated rings. The van der Waals surface area contributed by atoms with E-state index in [4.69, 9.17) is 10.3 Å². The quantitative estimate of drug-likeness (QED) is 0.899. The van der Waals surface area contributed by atoms with Gasteiger partial charge < -0.3 is 10.3 Å². The van der Waals surface area contributed by atoms with Crippen LogP contribution in [0.5, 0.6) is 0 Å². The van der Waals surface area contributed by atoms with Gasteiger partial charge in [-0.3, -0.25) is 0 Å². The van der Waals surface area contributed by atoms with E-state index in [0.717, 1.165) is 16.5 Å². The van der Waals surface area contributed by atoms with Crippen LogP contribution < -0.4 is 5.73 Å². The molecular formula is C16H22BrN3O. The zero-order valence-corrected chi connectivity index (χ0v) is 14.6. The molecule has 1 heterocycles. The van der Waals surface area contributed by atoms with Gasteiger partial charge in [0, 0.05) is 22.5 Å². The van der Waals surface area contributed by atoms with Crippen LogP contribution in [-0.4, -0.2) is 16.2 Å². The number of rotatable bonds is 4. The molecule has 5 heteroatoms. The van der Waals surface area contributed by atoms with Crippen LogP contribution in [0.1, 0.15) is 38.6 Å². The Hall–Kier alpha value is -1.20. The van der Waals surface area contributed by atoms with Crippen LogP contribution in [0, 0.1) is 12.3 Å². The van der Waals surface area contributed by atoms with Gasteiger partial charge in [-0.2, -0.15) is 4.98 Å². The van der Waals surface area contributed by atoms with Gasteiger partial charge in [-0.05, 0) is 30.4 Å². The lowest BCUT2D eigenvalue weighted by Gasteiger charge is -2.21. The highest BCUT2D eigenvalue weighted by atomic mass is 79.9. The number of halogens is 1. The summed E-state index contributed by atoms with van der Waals surface area (Å²) in [6, 6.07) is 6.05. The summed E-state index contributed by atoms with van der Waals surface area (Å²) in [6.07, 6.45) is 1.53. The van der Waals surface area contributed by atoms with Gasteiger partial charge in [0.05, 0.1) is 0 Å². The van der Waals surface area contributed by atoms with Crippen LogP contribution in [0.2, 0.25) is 0 Å². The minimum absolute atomic E-state index is 0.0306. The topological polar surface area (TPSA) is 64.9 Å². The van der Waals surface area contributed by atoms with Crippen molar-refractivity contribution < 1.29 is 4.52 Å². The smallest absolute Gasteiger partial charge is 0.228 e. The first-order valence-electron chi connectivity index (χ1n) is 7.09. The zero-order chi connectivity index (χ0) is 15.6. The maximum absolute atomic E-state index is 6.15. The molecule has 0 saturated heterocycles. The Balaban J connectivity index is 2.09. The number of aryl methyl sites for hydroxylation is 1. The number of nitrogens with zero attached hydrogens (tertiary/aromatic N) is 2. The molecule has 0 aliphatic carbocycles. The fourth-order valence-corrected chi connectivity index (χ4v) is 2.65. The van der Waals surface area contributed by atoms with Crippen molar-refractivity contribution in [2.24, 2.45) is 11.1 Å². The molecule has 1 aromatic carbocycles. The molecule has 4 nitrogen and oxygen atoms in total. The van der Waals surface area contributed by atoms with E-state index in [1.165, 1.54) is 5.56 Å². The Morgan fingerprint density at radius 1 is 1.33 bits per heavy atom. The second-order valence-electron chi connectivity index (χ2n) is 6.70. The van der Waals surface area contributed by atoms with E-state index in [0.29, 0.717) is 18.1 Å². The lowest BCUT2D eigenvalue weighted by atomic mass is 9.87. The fraction of sp³-hybridized carbons (Fsp3) is 0.500. The van der Waals surface area contributed by atoms with Crippen LogP contribution in [0.25, 0.3) is 11.4 Å². The molecule has 0 amide bonds. The third kappa shape index (κ3) is 4.64. The molecule has 0 aliphatic rings. The molecule has 0 aliphatic heterocycles. The number of aromatic nitrogens is 2. The molecule has 1 atom stereocenters. The van der Waals surface area contributed by atoms with Crippen LogP contribution in [0.3, 0.4) is 0 Å². The van der Waals surface area contributed by atoms with E-state index in [1.54, 1.807) is 0 Å². The first kappa shape index (κ1) is 16.2. The van der Waals surface area contributed by atoms with Crippen molar-refractivity contribution in [3.63, 3.8) is 0 Å². The van der Waals surface area contributed by atoms with Crippen molar-refractivity contribution in [3.8, 4) is 11.4 Å². The largest absolute Gasteiger partial charge is 0.339 e. The molecule has 114 valence electrons. The first-order chi connectivity index (χ1) is 9.74. The summed E-state index contributed by atoms with van der Waals surface area (Å²) >= 11 is 3.52. The Kier molecular flexibility index (Phi) is 4.84. The van der Waals surface area contributed by atoms with E-state index in [1.807, 2.05) is 25.1 Å². The monoisotopic (exact) mass is 351 g/mol. The Labute approximate surface area is 134 Å². The molecule has 2 rings (SSSR count). The summed E-state index contributed by atoms with van der Waals surface area (Å²) in [6.45, 7) is 8.57. The minimum Gasteiger partial charge on any atom is -0.339 e. The Morgan fingerprint density at radius 2 is 2.05 bits per heavy atom. The molecule has 2 aromatic rings. The predicted octanol–water partition coefficient (Wildman–Crippen LogP) is 4.11. The second kappa shape index (κ2) is 6.28. The van der Waals surface area contributed by atoms with Crippen molar-refractivity contribution in [1.29, 1.82) is 0 Å². The fourth-order valence-electron chi connectivity index (χ4n) is 2.27. The van der Waals surface area contributed by atoms with Gasteiger partial charge in [-0.25, -0.2) is 0 Å². The van der Waals surface area contributed by atoms with Crippen LogP contribution in [-0.2, 0) is 6.42 Å². The second-order valence-corrected chi connectivity index (χ2v) is 7.56. The summed E-state index contributed by atoms with van der Waals surface area (Å²) in [5.74, 6) is 1.20. The summed E-state index contributed by atoms with van der Waals surface area (Å²) in [5, 5.41) is 4.04. The highest BCUT2D eigenvalue weighted by Crippen LogP contribution is 2.25. The average Bonchev–Trinajstić information content (AvgIpc) is 2.78. The number of nitrogens with two attached hydrogens (primary N) is 1. The maximum Gasteiger partial charge on any atom is 0.228 e.